The van der Waals surface area contributed by atoms with Gasteiger partial charge >= 0.3 is 19.1 Å². The number of nitrogens with two attached hydrogens (primary N) is 1. The first-order chi connectivity index (χ1) is 10.7. The summed E-state index contributed by atoms with van der Waals surface area (Å²) in [5.74, 6) is -2.13. The summed E-state index contributed by atoms with van der Waals surface area (Å²) in [4.78, 5) is 24.4. The van der Waals surface area contributed by atoms with Gasteiger partial charge in [-0.25, -0.2) is 0 Å². The van der Waals surface area contributed by atoms with E-state index < -0.39 is 24.6 Å². The quantitative estimate of drug-likeness (QED) is 0.269. The van der Waals surface area contributed by atoms with E-state index in [0.717, 1.165) is 0 Å². The van der Waals surface area contributed by atoms with Crippen LogP contribution in [0.1, 0.15) is 38.5 Å². The van der Waals surface area contributed by atoms with E-state index >= 15 is 0 Å². The smallest absolute Gasteiger partial charge is 0.451 e. The Hall–Kier alpha value is -1.16. The zero-order valence-electron chi connectivity index (χ0n) is 13.4. The van der Waals surface area contributed by atoms with Crippen LogP contribution in [0.25, 0.3) is 0 Å². The molecule has 1 atom stereocenters. The highest BCUT2D eigenvalue weighted by molar-refractivity contribution is 6.40. The normalized spacial score (nSPS) is 19.3. The van der Waals surface area contributed by atoms with Gasteiger partial charge in [0.2, 0.25) is 0 Å². The van der Waals surface area contributed by atoms with Gasteiger partial charge in [0.25, 0.3) is 0 Å². The van der Waals surface area contributed by atoms with Crippen molar-refractivity contribution >= 4 is 19.1 Å². The van der Waals surface area contributed by atoms with Crippen LogP contribution in [0.2, 0.25) is 6.32 Å². The molecule has 1 rings (SSSR count). The molecule has 132 valence electrons. The maximum atomic E-state index is 11.4. The molecule has 9 heteroatoms. The number of likely N-dealkylation sites (tertiary alicyclic amines) is 1. The number of carbonyl (C=O) groups is 2. The largest absolute Gasteiger partial charge is 0.481 e. The number of carboxylic acids is 2. The molecule has 0 aromatic heterocycles. The summed E-state index contributed by atoms with van der Waals surface area (Å²) < 4.78 is 0. The lowest BCUT2D eigenvalue weighted by atomic mass is 9.81. The predicted molar refractivity (Wildman–Crippen MR) is 84.8 cm³/mol. The first kappa shape index (κ1) is 19.9. The minimum atomic E-state index is -1.37. The van der Waals surface area contributed by atoms with Crippen molar-refractivity contribution in [3.8, 4) is 0 Å². The number of carboxylic acid groups (broad SMARTS) is 2. The number of piperidine rings is 1. The molecule has 0 aliphatic carbocycles. The molecule has 8 nitrogen and oxygen atoms in total. The second-order valence-electron chi connectivity index (χ2n) is 6.39. The Morgan fingerprint density at radius 2 is 1.74 bits per heavy atom. The van der Waals surface area contributed by atoms with Crippen molar-refractivity contribution in [1.29, 1.82) is 0 Å². The molecule has 1 aliphatic rings. The molecule has 1 unspecified atom stereocenters. The van der Waals surface area contributed by atoms with Gasteiger partial charge in [0.05, 0.1) is 5.92 Å². The van der Waals surface area contributed by atoms with Crippen molar-refractivity contribution < 1.29 is 29.9 Å². The van der Waals surface area contributed by atoms with Gasteiger partial charge in [-0.3, -0.25) is 9.59 Å². The molecule has 6 N–H and O–H groups in total. The molecule has 1 aliphatic heterocycles. The van der Waals surface area contributed by atoms with Crippen LogP contribution in [-0.2, 0) is 9.59 Å². The highest BCUT2D eigenvalue weighted by atomic mass is 16.4. The van der Waals surface area contributed by atoms with E-state index in [1.54, 1.807) is 0 Å². The fraction of sp³-hybridized carbons (Fsp3) is 0.857. The van der Waals surface area contributed by atoms with Crippen LogP contribution in [0.4, 0.5) is 0 Å². The maximum Gasteiger partial charge on any atom is 0.451 e. The summed E-state index contributed by atoms with van der Waals surface area (Å²) in [6.45, 7) is 1.81. The predicted octanol–water partition coefficient (Wildman–Crippen LogP) is -0.402. The number of hydrogen-bond donors (Lipinski definition) is 5. The van der Waals surface area contributed by atoms with Crippen molar-refractivity contribution in [1.82, 2.24) is 4.90 Å². The van der Waals surface area contributed by atoms with Gasteiger partial charge in [-0.05, 0) is 45.1 Å². The van der Waals surface area contributed by atoms with E-state index in [4.69, 9.17) is 20.9 Å². The van der Waals surface area contributed by atoms with E-state index in [0.29, 0.717) is 51.7 Å². The molecule has 0 amide bonds. The van der Waals surface area contributed by atoms with E-state index in [-0.39, 0.29) is 18.7 Å². The van der Waals surface area contributed by atoms with Crippen LogP contribution in [0.15, 0.2) is 0 Å². The standard InChI is InChI=1S/C14H27BN2O6/c16-14(13(20)21,5-1-2-7-15(22)23)6-10-17-8-3-11(4-9-17)12(18)19/h11,22-23H,1-10,16H2,(H,18,19)(H,20,21). The second kappa shape index (κ2) is 9.22. The fourth-order valence-electron chi connectivity index (χ4n) is 2.87. The van der Waals surface area contributed by atoms with Crippen molar-refractivity contribution in [2.45, 2.75) is 50.4 Å². The van der Waals surface area contributed by atoms with Crippen molar-refractivity contribution in [2.75, 3.05) is 19.6 Å². The third-order valence-electron chi connectivity index (χ3n) is 4.57. The van der Waals surface area contributed by atoms with E-state index in [2.05, 4.69) is 4.90 Å². The van der Waals surface area contributed by atoms with Crippen LogP contribution in [0.3, 0.4) is 0 Å². The lowest BCUT2D eigenvalue weighted by Gasteiger charge is -2.33. The van der Waals surface area contributed by atoms with E-state index in [9.17, 15) is 14.7 Å². The average Bonchev–Trinajstić information content (AvgIpc) is 2.49. The van der Waals surface area contributed by atoms with E-state index in [1.165, 1.54) is 0 Å². The second-order valence-corrected chi connectivity index (χ2v) is 6.39. The zero-order valence-corrected chi connectivity index (χ0v) is 13.4. The summed E-state index contributed by atoms with van der Waals surface area (Å²) in [5.41, 5.74) is 4.68. The van der Waals surface area contributed by atoms with E-state index in [1.807, 2.05) is 0 Å². The molecule has 0 saturated carbocycles. The molecule has 23 heavy (non-hydrogen) atoms. The monoisotopic (exact) mass is 330 g/mol. The van der Waals surface area contributed by atoms with Gasteiger partial charge in [-0.2, -0.15) is 0 Å². The number of unbranched alkanes of at least 4 members (excludes halogenated alkanes) is 1. The van der Waals surface area contributed by atoms with Crippen molar-refractivity contribution in [3.63, 3.8) is 0 Å². The molecule has 0 aromatic carbocycles. The van der Waals surface area contributed by atoms with Crippen molar-refractivity contribution in [2.24, 2.45) is 11.7 Å². The van der Waals surface area contributed by atoms with Crippen molar-refractivity contribution in [3.05, 3.63) is 0 Å². The molecule has 0 aromatic rings. The molecular formula is C14H27BN2O6. The highest BCUT2D eigenvalue weighted by Crippen LogP contribution is 2.21. The minimum absolute atomic E-state index is 0.207. The molecule has 0 bridgehead atoms. The molecule has 0 spiro atoms. The van der Waals surface area contributed by atoms with Crippen LogP contribution >= 0.6 is 0 Å². The SMILES string of the molecule is NC(CCCCB(O)O)(CCN1CCC(C(=O)O)CC1)C(=O)O. The average molecular weight is 330 g/mol. The topological polar surface area (TPSA) is 144 Å². The summed E-state index contributed by atoms with van der Waals surface area (Å²) in [7, 11) is -1.37. The first-order valence-corrected chi connectivity index (χ1v) is 8.08. The van der Waals surface area contributed by atoms with Crippen LogP contribution in [0, 0.1) is 5.92 Å². The molecule has 1 heterocycles. The van der Waals surface area contributed by atoms with Crippen LogP contribution in [0.5, 0.6) is 0 Å². The number of nitrogens with zero attached hydrogens (tertiary/aromatic N) is 1. The number of aliphatic carboxylic acids is 2. The van der Waals surface area contributed by atoms with Gasteiger partial charge in [-0.1, -0.05) is 12.8 Å². The summed E-state index contributed by atoms with van der Waals surface area (Å²) in [6.07, 6.45) is 2.96. The molecule has 1 fully saturated rings. The first-order valence-electron chi connectivity index (χ1n) is 8.08. The zero-order chi connectivity index (χ0) is 17.5. The Labute approximate surface area is 136 Å². The summed E-state index contributed by atoms with van der Waals surface area (Å²) >= 11 is 0. The Bertz CT molecular complexity index is 401. The molecule has 0 radical (unpaired) electrons. The van der Waals surface area contributed by atoms with Crippen LogP contribution < -0.4 is 5.73 Å². The minimum Gasteiger partial charge on any atom is -0.481 e. The molecular weight excluding hydrogens is 303 g/mol. The van der Waals surface area contributed by atoms with Gasteiger partial charge in [-0.15, -0.1) is 0 Å². The van der Waals surface area contributed by atoms with Gasteiger partial charge < -0.3 is 30.9 Å². The molecule has 1 saturated heterocycles. The number of hydrogen-bond acceptors (Lipinski definition) is 6. The van der Waals surface area contributed by atoms with Gasteiger partial charge in [0.15, 0.2) is 0 Å². The Morgan fingerprint density at radius 3 is 2.22 bits per heavy atom. The Balaban J connectivity index is 2.38. The van der Waals surface area contributed by atoms with Gasteiger partial charge in [0.1, 0.15) is 5.54 Å². The fourth-order valence-corrected chi connectivity index (χ4v) is 2.87. The van der Waals surface area contributed by atoms with Crippen LogP contribution in [-0.4, -0.2) is 69.4 Å². The maximum absolute atomic E-state index is 11.4. The summed E-state index contributed by atoms with van der Waals surface area (Å²) in [5, 5.41) is 35.9. The Morgan fingerprint density at radius 1 is 1.13 bits per heavy atom. The Kier molecular flexibility index (Phi) is 7.97. The lowest BCUT2D eigenvalue weighted by molar-refractivity contribution is -0.144. The van der Waals surface area contributed by atoms with Gasteiger partial charge in [0, 0.05) is 6.54 Å². The highest BCUT2D eigenvalue weighted by Gasteiger charge is 2.34. The number of rotatable bonds is 10. The summed E-state index contributed by atoms with van der Waals surface area (Å²) in [6, 6.07) is 0. The lowest BCUT2D eigenvalue weighted by Crippen LogP contribution is -2.50. The third-order valence-corrected chi connectivity index (χ3v) is 4.57. The third kappa shape index (κ3) is 6.86.